The number of fused-ring (bicyclic) bond motifs is 9. The van der Waals surface area contributed by atoms with Crippen molar-refractivity contribution in [3.63, 3.8) is 0 Å². The van der Waals surface area contributed by atoms with Crippen molar-refractivity contribution in [3.8, 4) is 22.3 Å². The summed E-state index contributed by atoms with van der Waals surface area (Å²) in [7, 11) is 0. The molecule has 0 unspecified atom stereocenters. The van der Waals surface area contributed by atoms with E-state index in [-0.39, 0.29) is 0 Å². The Morgan fingerprint density at radius 2 is 0.882 bits per heavy atom. The molecule has 0 amide bonds. The van der Waals surface area contributed by atoms with Crippen LogP contribution in [0.1, 0.15) is 0 Å². The number of anilines is 3. The predicted octanol–water partition coefficient (Wildman–Crippen LogP) is 14.0. The van der Waals surface area contributed by atoms with Crippen molar-refractivity contribution in [1.82, 2.24) is 4.40 Å². The molecule has 0 aliphatic heterocycles. The fraction of sp³-hybridized carbons (Fsp3) is 0. The van der Waals surface area contributed by atoms with E-state index in [2.05, 4.69) is 191 Å². The summed E-state index contributed by atoms with van der Waals surface area (Å²) >= 11 is 1.86. The quantitative estimate of drug-likeness (QED) is 0.177. The largest absolute Gasteiger partial charge is 0.310 e. The van der Waals surface area contributed by atoms with Crippen LogP contribution in [0.3, 0.4) is 0 Å². The number of rotatable bonds is 5. The minimum atomic E-state index is 1.12. The summed E-state index contributed by atoms with van der Waals surface area (Å²) in [6.07, 6.45) is 0. The van der Waals surface area contributed by atoms with Gasteiger partial charge in [0.1, 0.15) is 0 Å². The Bertz CT molecular complexity index is 3060. The molecule has 11 aromatic rings. The van der Waals surface area contributed by atoms with Gasteiger partial charge in [0, 0.05) is 58.8 Å². The van der Waals surface area contributed by atoms with E-state index in [0.29, 0.717) is 0 Å². The lowest BCUT2D eigenvalue weighted by molar-refractivity contribution is 1.29. The fourth-order valence-electron chi connectivity index (χ4n) is 8.15. The van der Waals surface area contributed by atoms with Crippen molar-refractivity contribution in [2.75, 3.05) is 4.90 Å². The van der Waals surface area contributed by atoms with Crippen LogP contribution in [0, 0.1) is 0 Å². The lowest BCUT2D eigenvalue weighted by Crippen LogP contribution is -2.09. The van der Waals surface area contributed by atoms with Crippen LogP contribution in [0.2, 0.25) is 0 Å². The number of benzene rings is 8. The summed E-state index contributed by atoms with van der Waals surface area (Å²) in [5, 5.41) is 7.82. The number of thiophene rings is 1. The monoisotopic (exact) mass is 666 g/mol. The van der Waals surface area contributed by atoms with Crippen molar-refractivity contribution in [2.24, 2.45) is 0 Å². The van der Waals surface area contributed by atoms with E-state index in [9.17, 15) is 0 Å². The molecule has 2 nitrogen and oxygen atoms in total. The first-order valence-electron chi connectivity index (χ1n) is 17.4. The van der Waals surface area contributed by atoms with Crippen LogP contribution < -0.4 is 4.90 Å². The van der Waals surface area contributed by atoms with Gasteiger partial charge in [0.05, 0.1) is 16.6 Å². The van der Waals surface area contributed by atoms with Crippen LogP contribution in [0.4, 0.5) is 17.1 Å². The van der Waals surface area contributed by atoms with Gasteiger partial charge in [0.15, 0.2) is 0 Å². The summed E-state index contributed by atoms with van der Waals surface area (Å²) < 4.78 is 5.07. The van der Waals surface area contributed by atoms with Crippen LogP contribution in [0.5, 0.6) is 0 Å². The highest BCUT2D eigenvalue weighted by atomic mass is 32.1. The zero-order chi connectivity index (χ0) is 33.5. The number of hydrogen-bond acceptors (Lipinski definition) is 2. The molecule has 0 N–H and O–H groups in total. The minimum absolute atomic E-state index is 1.12. The smallest absolute Gasteiger partial charge is 0.0620 e. The van der Waals surface area contributed by atoms with Crippen LogP contribution in [-0.4, -0.2) is 4.40 Å². The van der Waals surface area contributed by atoms with Gasteiger partial charge in [-0.25, -0.2) is 0 Å². The second-order valence-corrected chi connectivity index (χ2v) is 14.4. The first kappa shape index (κ1) is 28.4. The standard InChI is InChI=1S/C48H30N2S/c1-2-9-31(10-3-1)32-17-22-35(23-18-32)49(37-26-28-47-43(30-37)39-12-5-7-16-46(39)51-47)36-24-19-33(20-25-36)34-21-27-45-42(29-34)41-14-8-13-40-38-11-4-6-15-44(38)50(45)48(40)41/h1-30H. The predicted molar refractivity (Wildman–Crippen MR) is 220 cm³/mol. The van der Waals surface area contributed by atoms with E-state index in [1.54, 1.807) is 0 Å². The molecule has 11 rings (SSSR count). The fourth-order valence-corrected chi connectivity index (χ4v) is 9.24. The van der Waals surface area contributed by atoms with Crippen molar-refractivity contribution < 1.29 is 0 Å². The van der Waals surface area contributed by atoms with Crippen LogP contribution in [0.25, 0.3) is 80.5 Å². The molecule has 0 saturated carbocycles. The molecule has 3 heteroatoms. The highest BCUT2D eigenvalue weighted by Crippen LogP contribution is 2.43. The van der Waals surface area contributed by atoms with E-state index >= 15 is 0 Å². The van der Waals surface area contributed by atoms with Gasteiger partial charge >= 0.3 is 0 Å². The molecule has 0 fully saturated rings. The van der Waals surface area contributed by atoms with Crippen molar-refractivity contribution in [3.05, 3.63) is 182 Å². The van der Waals surface area contributed by atoms with E-state index < -0.39 is 0 Å². The lowest BCUT2D eigenvalue weighted by atomic mass is 10.0. The van der Waals surface area contributed by atoms with Crippen molar-refractivity contribution in [1.29, 1.82) is 0 Å². The van der Waals surface area contributed by atoms with Gasteiger partial charge in [-0.15, -0.1) is 11.3 Å². The summed E-state index contributed by atoms with van der Waals surface area (Å²) in [6.45, 7) is 0. The van der Waals surface area contributed by atoms with Gasteiger partial charge in [-0.3, -0.25) is 0 Å². The molecule has 0 bridgehead atoms. The Hall–Kier alpha value is -6.42. The Labute approximate surface area is 299 Å². The second-order valence-electron chi connectivity index (χ2n) is 13.4. The Balaban J connectivity index is 1.03. The molecular formula is C48H30N2S. The first-order valence-corrected chi connectivity index (χ1v) is 18.2. The Kier molecular flexibility index (Phi) is 6.16. The second kappa shape index (κ2) is 11.0. The summed E-state index contributed by atoms with van der Waals surface area (Å²) in [5.41, 5.74) is 12.1. The van der Waals surface area contributed by atoms with Gasteiger partial charge < -0.3 is 9.30 Å². The maximum Gasteiger partial charge on any atom is 0.0620 e. The average molecular weight is 667 g/mol. The molecule has 0 atom stereocenters. The number of hydrogen-bond donors (Lipinski definition) is 0. The van der Waals surface area contributed by atoms with Gasteiger partial charge in [0.25, 0.3) is 0 Å². The van der Waals surface area contributed by atoms with Crippen LogP contribution in [-0.2, 0) is 0 Å². The molecular weight excluding hydrogens is 637 g/mol. The highest BCUT2D eigenvalue weighted by Gasteiger charge is 2.18. The van der Waals surface area contributed by atoms with E-state index in [1.165, 1.54) is 80.5 Å². The molecule has 8 aromatic carbocycles. The highest BCUT2D eigenvalue weighted by molar-refractivity contribution is 7.25. The molecule has 0 spiro atoms. The van der Waals surface area contributed by atoms with Crippen molar-refractivity contribution >= 4 is 86.7 Å². The third kappa shape index (κ3) is 4.35. The third-order valence-electron chi connectivity index (χ3n) is 10.5. The van der Waals surface area contributed by atoms with Gasteiger partial charge in [0.2, 0.25) is 0 Å². The maximum absolute atomic E-state index is 2.44. The average Bonchev–Trinajstić information content (AvgIpc) is 3.86. The van der Waals surface area contributed by atoms with Crippen LogP contribution in [0.15, 0.2) is 182 Å². The molecule has 51 heavy (non-hydrogen) atoms. The Morgan fingerprint density at radius 3 is 1.67 bits per heavy atom. The van der Waals surface area contributed by atoms with E-state index in [0.717, 1.165) is 17.1 Å². The maximum atomic E-state index is 2.44. The third-order valence-corrected chi connectivity index (χ3v) is 11.7. The number of para-hydroxylation sites is 2. The lowest BCUT2D eigenvalue weighted by Gasteiger charge is -2.26. The molecule has 0 aliphatic rings. The molecule has 0 aliphatic carbocycles. The van der Waals surface area contributed by atoms with Gasteiger partial charge in [-0.1, -0.05) is 115 Å². The molecule has 3 aromatic heterocycles. The van der Waals surface area contributed by atoms with Gasteiger partial charge in [-0.2, -0.15) is 0 Å². The zero-order valence-corrected chi connectivity index (χ0v) is 28.4. The molecule has 3 heterocycles. The Morgan fingerprint density at radius 1 is 0.333 bits per heavy atom. The van der Waals surface area contributed by atoms with E-state index in [1.807, 2.05) is 11.3 Å². The molecule has 0 saturated heterocycles. The molecule has 0 radical (unpaired) electrons. The van der Waals surface area contributed by atoms with Gasteiger partial charge in [-0.05, 0) is 89.0 Å². The molecule has 238 valence electrons. The van der Waals surface area contributed by atoms with Crippen LogP contribution >= 0.6 is 11.3 Å². The summed E-state index contributed by atoms with van der Waals surface area (Å²) in [5.74, 6) is 0. The first-order chi connectivity index (χ1) is 25.3. The zero-order valence-electron chi connectivity index (χ0n) is 27.6. The van der Waals surface area contributed by atoms with E-state index in [4.69, 9.17) is 0 Å². The topological polar surface area (TPSA) is 7.65 Å². The number of nitrogens with zero attached hydrogens (tertiary/aromatic N) is 2. The summed E-state index contributed by atoms with van der Waals surface area (Å²) in [4.78, 5) is 2.38. The SMILES string of the molecule is c1ccc(-c2ccc(N(c3ccc(-c4ccc5c(c4)c4cccc6c7ccccc7n5c64)cc3)c3ccc4sc5ccccc5c4c3)cc2)cc1. The normalized spacial score (nSPS) is 11.9. The number of aromatic nitrogens is 1. The minimum Gasteiger partial charge on any atom is -0.310 e. The van der Waals surface area contributed by atoms with Crippen molar-refractivity contribution in [2.45, 2.75) is 0 Å². The summed E-state index contributed by atoms with van der Waals surface area (Å²) in [6, 6.07) is 66.6.